The second-order valence-corrected chi connectivity index (χ2v) is 10.3. The smallest absolute Gasteiger partial charge is 0.234 e. The van der Waals surface area contributed by atoms with Gasteiger partial charge in [0.1, 0.15) is 12.4 Å². The van der Waals surface area contributed by atoms with Gasteiger partial charge in [0, 0.05) is 6.92 Å². The molecule has 0 aliphatic heterocycles. The zero-order valence-corrected chi connectivity index (χ0v) is 22.5. The van der Waals surface area contributed by atoms with Gasteiger partial charge in [0.05, 0.1) is 13.1 Å². The highest BCUT2D eigenvalue weighted by Gasteiger charge is 2.11. The molecule has 1 rings (SSSR count). The maximum Gasteiger partial charge on any atom is 0.253 e. The van der Waals surface area contributed by atoms with Crippen molar-refractivity contribution in [2.24, 2.45) is 0 Å². The van der Waals surface area contributed by atoms with Crippen molar-refractivity contribution in [3.8, 4) is 0 Å². The molecule has 0 amide bonds. The molecule has 1 aromatic heterocycles. The van der Waals surface area contributed by atoms with Crippen LogP contribution in [-0.2, 0) is 13.1 Å². The molecular formula is C30H59N2+. The first kappa shape index (κ1) is 29.2. The lowest BCUT2D eigenvalue weighted by molar-refractivity contribution is -0.702. The summed E-state index contributed by atoms with van der Waals surface area (Å²) in [5.74, 6) is 1.45. The van der Waals surface area contributed by atoms with Gasteiger partial charge < -0.3 is 0 Å². The van der Waals surface area contributed by atoms with Gasteiger partial charge in [0.2, 0.25) is 0 Å². The number of unbranched alkanes of at least 4 members (excludes halogenated alkanes) is 20. The number of aromatic nitrogens is 2. The Kier molecular flexibility index (Phi) is 20.1. The fourth-order valence-corrected chi connectivity index (χ4v) is 4.91. The van der Waals surface area contributed by atoms with E-state index < -0.39 is 0 Å². The predicted molar refractivity (Wildman–Crippen MR) is 142 cm³/mol. The SMILES string of the molecule is CCCCCCCCCCCCCC[n+]1ccn(CCCCCCCCCCCC)c1C. The first-order valence-corrected chi connectivity index (χ1v) is 14.8. The number of rotatable bonds is 24. The molecule has 0 aromatic carbocycles. The summed E-state index contributed by atoms with van der Waals surface area (Å²) in [6, 6.07) is 0. The highest BCUT2D eigenvalue weighted by atomic mass is 15.1. The van der Waals surface area contributed by atoms with Crippen molar-refractivity contribution in [1.82, 2.24) is 4.57 Å². The first-order chi connectivity index (χ1) is 15.8. The molecule has 0 atom stereocenters. The highest BCUT2D eigenvalue weighted by molar-refractivity contribution is 4.79. The van der Waals surface area contributed by atoms with E-state index in [4.69, 9.17) is 0 Å². The van der Waals surface area contributed by atoms with Gasteiger partial charge in [-0.1, -0.05) is 129 Å². The van der Waals surface area contributed by atoms with Crippen LogP contribution in [0.4, 0.5) is 0 Å². The highest BCUT2D eigenvalue weighted by Crippen LogP contribution is 2.13. The minimum atomic E-state index is 1.20. The van der Waals surface area contributed by atoms with Crippen molar-refractivity contribution in [2.45, 2.75) is 175 Å². The number of imidazole rings is 1. The van der Waals surface area contributed by atoms with E-state index in [0.29, 0.717) is 0 Å². The zero-order chi connectivity index (χ0) is 23.1. The van der Waals surface area contributed by atoms with E-state index in [2.05, 4.69) is 42.3 Å². The van der Waals surface area contributed by atoms with E-state index in [0.717, 1.165) is 0 Å². The van der Waals surface area contributed by atoms with Gasteiger partial charge in [-0.15, -0.1) is 0 Å². The maximum atomic E-state index is 2.48. The summed E-state index contributed by atoms with van der Waals surface area (Å²) in [6.07, 6.45) is 36.0. The standard InChI is InChI=1S/C30H59N2/c1-4-6-8-10-12-14-16-17-19-21-23-25-27-32-29-28-31(30(32)3)26-24-22-20-18-15-13-11-9-7-5-2/h28-29H,4-27H2,1-3H3/q+1. The molecule has 0 bridgehead atoms. The summed E-state index contributed by atoms with van der Waals surface area (Å²) in [4.78, 5) is 0. The number of hydrogen-bond acceptors (Lipinski definition) is 0. The molecule has 0 radical (unpaired) electrons. The quantitative estimate of drug-likeness (QED) is 0.110. The second kappa shape index (κ2) is 22.0. The zero-order valence-electron chi connectivity index (χ0n) is 22.5. The average molecular weight is 448 g/mol. The van der Waals surface area contributed by atoms with Gasteiger partial charge in [-0.05, 0) is 25.7 Å². The molecule has 0 unspecified atom stereocenters. The van der Waals surface area contributed by atoms with Crippen LogP contribution in [0.1, 0.15) is 161 Å². The molecule has 2 nitrogen and oxygen atoms in total. The summed E-state index contributed by atoms with van der Waals surface area (Å²) >= 11 is 0. The monoisotopic (exact) mass is 447 g/mol. The van der Waals surface area contributed by atoms with Crippen LogP contribution in [0, 0.1) is 6.92 Å². The summed E-state index contributed by atoms with van der Waals surface area (Å²) in [5, 5.41) is 0. The van der Waals surface area contributed by atoms with Crippen LogP contribution in [0.15, 0.2) is 12.4 Å². The molecule has 0 aliphatic carbocycles. The minimum Gasteiger partial charge on any atom is -0.234 e. The Morgan fingerprint density at radius 3 is 1.34 bits per heavy atom. The Hall–Kier alpha value is -0.790. The molecule has 0 fully saturated rings. The van der Waals surface area contributed by atoms with Gasteiger partial charge >= 0.3 is 0 Å². The summed E-state index contributed by atoms with van der Waals surface area (Å²) in [6.45, 7) is 9.31. The van der Waals surface area contributed by atoms with Gasteiger partial charge in [-0.2, -0.15) is 0 Å². The summed E-state index contributed by atoms with van der Waals surface area (Å²) in [7, 11) is 0. The third-order valence-electron chi connectivity index (χ3n) is 7.26. The van der Waals surface area contributed by atoms with Crippen LogP contribution in [0.3, 0.4) is 0 Å². The van der Waals surface area contributed by atoms with Crippen LogP contribution < -0.4 is 4.57 Å². The fourth-order valence-electron chi connectivity index (χ4n) is 4.91. The molecular weight excluding hydrogens is 388 g/mol. The van der Waals surface area contributed by atoms with Gasteiger partial charge in [-0.3, -0.25) is 0 Å². The molecule has 1 aromatic rings. The van der Waals surface area contributed by atoms with Crippen molar-refractivity contribution >= 4 is 0 Å². The van der Waals surface area contributed by atoms with Crippen LogP contribution in [-0.4, -0.2) is 4.57 Å². The lowest BCUT2D eigenvalue weighted by Gasteiger charge is -2.04. The van der Waals surface area contributed by atoms with Crippen molar-refractivity contribution in [3.05, 3.63) is 18.2 Å². The predicted octanol–water partition coefficient (Wildman–Crippen LogP) is 9.71. The third kappa shape index (κ3) is 15.9. The minimum absolute atomic E-state index is 1.20. The van der Waals surface area contributed by atoms with Crippen molar-refractivity contribution in [1.29, 1.82) is 0 Å². The van der Waals surface area contributed by atoms with Gasteiger partial charge in [0.25, 0.3) is 5.82 Å². The average Bonchev–Trinajstić information content (AvgIpc) is 3.15. The Bertz CT molecular complexity index is 505. The van der Waals surface area contributed by atoms with Gasteiger partial charge in [0.15, 0.2) is 0 Å². The molecule has 0 saturated carbocycles. The number of hydrogen-bond donors (Lipinski definition) is 0. The lowest BCUT2D eigenvalue weighted by atomic mass is 10.1. The van der Waals surface area contributed by atoms with Crippen LogP contribution >= 0.6 is 0 Å². The van der Waals surface area contributed by atoms with Crippen LogP contribution in [0.5, 0.6) is 0 Å². The number of aryl methyl sites for hydroxylation is 2. The molecule has 0 saturated heterocycles. The maximum absolute atomic E-state index is 2.48. The van der Waals surface area contributed by atoms with E-state index in [1.165, 1.54) is 160 Å². The Morgan fingerprint density at radius 1 is 0.531 bits per heavy atom. The van der Waals surface area contributed by atoms with Crippen molar-refractivity contribution < 1.29 is 4.57 Å². The van der Waals surface area contributed by atoms with E-state index in [1.54, 1.807) is 0 Å². The van der Waals surface area contributed by atoms with E-state index >= 15 is 0 Å². The molecule has 2 heteroatoms. The van der Waals surface area contributed by atoms with E-state index in [1.807, 2.05) is 0 Å². The largest absolute Gasteiger partial charge is 0.253 e. The number of nitrogens with zero attached hydrogens (tertiary/aromatic N) is 2. The van der Waals surface area contributed by atoms with Gasteiger partial charge in [-0.25, -0.2) is 9.13 Å². The normalized spacial score (nSPS) is 11.5. The first-order valence-electron chi connectivity index (χ1n) is 14.8. The van der Waals surface area contributed by atoms with Crippen LogP contribution in [0.25, 0.3) is 0 Å². The van der Waals surface area contributed by atoms with E-state index in [9.17, 15) is 0 Å². The molecule has 0 N–H and O–H groups in total. The molecule has 0 aliphatic rings. The fraction of sp³-hybridized carbons (Fsp3) is 0.900. The molecule has 188 valence electrons. The van der Waals surface area contributed by atoms with Crippen LogP contribution in [0.2, 0.25) is 0 Å². The summed E-state index contributed by atoms with van der Waals surface area (Å²) in [5.41, 5.74) is 0. The topological polar surface area (TPSA) is 8.81 Å². The van der Waals surface area contributed by atoms with E-state index in [-0.39, 0.29) is 0 Å². The van der Waals surface area contributed by atoms with Crippen molar-refractivity contribution in [3.63, 3.8) is 0 Å². The molecule has 32 heavy (non-hydrogen) atoms. The second-order valence-electron chi connectivity index (χ2n) is 10.3. The lowest BCUT2D eigenvalue weighted by Crippen LogP contribution is -2.35. The molecule has 1 heterocycles. The third-order valence-corrected chi connectivity index (χ3v) is 7.26. The van der Waals surface area contributed by atoms with Crippen molar-refractivity contribution in [2.75, 3.05) is 0 Å². The Balaban J connectivity index is 1.95. The molecule has 0 spiro atoms. The Morgan fingerprint density at radius 2 is 0.906 bits per heavy atom. The summed E-state index contributed by atoms with van der Waals surface area (Å²) < 4.78 is 4.96. The Labute approximate surface area is 202 Å².